The first-order valence-corrected chi connectivity index (χ1v) is 8.64. The summed E-state index contributed by atoms with van der Waals surface area (Å²) in [5.74, 6) is -0.139. The Morgan fingerprint density at radius 2 is 1.88 bits per heavy atom. The van der Waals surface area contributed by atoms with Gasteiger partial charge in [0.05, 0.1) is 30.3 Å². The second kappa shape index (κ2) is 7.41. The van der Waals surface area contributed by atoms with Crippen molar-refractivity contribution in [2.24, 2.45) is 0 Å². The maximum Gasteiger partial charge on any atom is 0.255 e. The Kier molecular flexibility index (Phi) is 4.66. The molecule has 2 heterocycles. The molecule has 0 atom stereocenters. The van der Waals surface area contributed by atoms with Gasteiger partial charge < -0.3 is 15.0 Å². The van der Waals surface area contributed by atoms with Gasteiger partial charge in [-0.25, -0.2) is 4.68 Å². The van der Waals surface area contributed by atoms with Crippen molar-refractivity contribution >= 4 is 17.3 Å². The molecule has 2 aromatic carbocycles. The van der Waals surface area contributed by atoms with Gasteiger partial charge in [0.2, 0.25) is 0 Å². The van der Waals surface area contributed by atoms with E-state index in [2.05, 4.69) is 15.3 Å². The molecule has 26 heavy (non-hydrogen) atoms. The van der Waals surface area contributed by atoms with Crippen molar-refractivity contribution in [3.63, 3.8) is 0 Å². The van der Waals surface area contributed by atoms with Gasteiger partial charge in [0.15, 0.2) is 0 Å². The van der Waals surface area contributed by atoms with Gasteiger partial charge in [0.25, 0.3) is 5.91 Å². The maximum atomic E-state index is 12.8. The monoisotopic (exact) mass is 348 g/mol. The highest BCUT2D eigenvalue weighted by Crippen LogP contribution is 2.27. The van der Waals surface area contributed by atoms with E-state index in [-0.39, 0.29) is 5.91 Å². The predicted octanol–water partition coefficient (Wildman–Crippen LogP) is 2.96. The fraction of sp³-hybridized carbons (Fsp3) is 0.200. The van der Waals surface area contributed by atoms with E-state index in [0.29, 0.717) is 18.8 Å². The number of para-hydroxylation sites is 2. The molecule has 1 aromatic heterocycles. The van der Waals surface area contributed by atoms with Gasteiger partial charge in [0.1, 0.15) is 0 Å². The highest BCUT2D eigenvalue weighted by Gasteiger charge is 2.16. The zero-order valence-corrected chi connectivity index (χ0v) is 14.3. The number of amides is 1. The summed E-state index contributed by atoms with van der Waals surface area (Å²) in [6.45, 7) is 3.05. The number of rotatable bonds is 4. The van der Waals surface area contributed by atoms with Gasteiger partial charge in [-0.05, 0) is 36.4 Å². The molecule has 1 fully saturated rings. The zero-order valence-electron chi connectivity index (χ0n) is 14.3. The van der Waals surface area contributed by atoms with E-state index in [1.54, 1.807) is 16.9 Å². The number of morpholine rings is 1. The number of carbonyl (C=O) groups is 1. The molecule has 3 aromatic rings. The molecule has 1 saturated heterocycles. The van der Waals surface area contributed by atoms with Crippen molar-refractivity contribution in [1.29, 1.82) is 0 Å². The van der Waals surface area contributed by atoms with Crippen LogP contribution in [0.2, 0.25) is 0 Å². The van der Waals surface area contributed by atoms with Crippen LogP contribution in [0.5, 0.6) is 0 Å². The number of ether oxygens (including phenoxy) is 1. The largest absolute Gasteiger partial charge is 0.378 e. The highest BCUT2D eigenvalue weighted by atomic mass is 16.5. The molecule has 132 valence electrons. The smallest absolute Gasteiger partial charge is 0.255 e. The maximum absolute atomic E-state index is 12.8. The molecular formula is C20H20N4O2. The standard InChI is InChI=1S/C20H20N4O2/c25-20(16-5-3-6-17(15-16)24-10-4-9-21-24)22-18-7-1-2-8-19(18)23-11-13-26-14-12-23/h1-10,15H,11-14H2,(H,22,25). The van der Waals surface area contributed by atoms with Gasteiger partial charge in [0, 0.05) is 31.0 Å². The first kappa shape index (κ1) is 16.4. The molecule has 1 aliphatic heterocycles. The van der Waals surface area contributed by atoms with Crippen molar-refractivity contribution in [2.75, 3.05) is 36.5 Å². The Balaban J connectivity index is 1.56. The second-order valence-electron chi connectivity index (χ2n) is 6.07. The third kappa shape index (κ3) is 3.45. The Hall–Kier alpha value is -3.12. The van der Waals surface area contributed by atoms with Gasteiger partial charge >= 0.3 is 0 Å². The molecule has 0 spiro atoms. The number of hydrogen-bond acceptors (Lipinski definition) is 4. The average molecular weight is 348 g/mol. The number of benzene rings is 2. The van der Waals surface area contributed by atoms with Crippen LogP contribution in [0.1, 0.15) is 10.4 Å². The Labute approximate surface area is 152 Å². The zero-order chi connectivity index (χ0) is 17.8. The van der Waals surface area contributed by atoms with Crippen LogP contribution in [0.4, 0.5) is 11.4 Å². The van der Waals surface area contributed by atoms with E-state index in [4.69, 9.17) is 4.74 Å². The van der Waals surface area contributed by atoms with Crippen molar-refractivity contribution in [1.82, 2.24) is 9.78 Å². The Morgan fingerprint density at radius 3 is 2.69 bits per heavy atom. The van der Waals surface area contributed by atoms with Gasteiger partial charge in [-0.2, -0.15) is 5.10 Å². The molecule has 4 rings (SSSR count). The summed E-state index contributed by atoms with van der Waals surface area (Å²) in [6.07, 6.45) is 3.57. The van der Waals surface area contributed by atoms with Crippen molar-refractivity contribution < 1.29 is 9.53 Å². The van der Waals surface area contributed by atoms with Gasteiger partial charge in [-0.1, -0.05) is 18.2 Å². The van der Waals surface area contributed by atoms with Crippen LogP contribution in [-0.2, 0) is 4.74 Å². The number of nitrogens with one attached hydrogen (secondary N) is 1. The van der Waals surface area contributed by atoms with Crippen molar-refractivity contribution in [3.05, 3.63) is 72.6 Å². The fourth-order valence-corrected chi connectivity index (χ4v) is 3.07. The Morgan fingerprint density at radius 1 is 1.04 bits per heavy atom. The molecule has 0 unspecified atom stereocenters. The average Bonchev–Trinajstić information content (AvgIpc) is 3.24. The first-order chi connectivity index (χ1) is 12.8. The van der Waals surface area contributed by atoms with E-state index in [1.165, 1.54) is 0 Å². The SMILES string of the molecule is O=C(Nc1ccccc1N1CCOCC1)c1cccc(-n2cccn2)c1. The quantitative estimate of drug-likeness (QED) is 0.787. The number of carbonyl (C=O) groups excluding carboxylic acids is 1. The summed E-state index contributed by atoms with van der Waals surface area (Å²) >= 11 is 0. The molecule has 6 heteroatoms. The summed E-state index contributed by atoms with van der Waals surface area (Å²) in [5, 5.41) is 7.26. The van der Waals surface area contributed by atoms with Crippen LogP contribution in [-0.4, -0.2) is 42.0 Å². The van der Waals surface area contributed by atoms with Crippen LogP contribution >= 0.6 is 0 Å². The van der Waals surface area contributed by atoms with Crippen LogP contribution in [0.25, 0.3) is 5.69 Å². The minimum atomic E-state index is -0.139. The number of hydrogen-bond donors (Lipinski definition) is 1. The van der Waals surface area contributed by atoms with E-state index >= 15 is 0 Å². The summed E-state index contributed by atoms with van der Waals surface area (Å²) in [4.78, 5) is 15.0. The lowest BCUT2D eigenvalue weighted by atomic mass is 10.1. The second-order valence-corrected chi connectivity index (χ2v) is 6.07. The molecule has 1 N–H and O–H groups in total. The molecule has 1 amide bonds. The minimum absolute atomic E-state index is 0.139. The summed E-state index contributed by atoms with van der Waals surface area (Å²) in [5.41, 5.74) is 3.27. The Bertz CT molecular complexity index is 886. The van der Waals surface area contributed by atoms with E-state index < -0.39 is 0 Å². The van der Waals surface area contributed by atoms with E-state index in [0.717, 1.165) is 30.2 Å². The lowest BCUT2D eigenvalue weighted by molar-refractivity contribution is 0.102. The summed E-state index contributed by atoms with van der Waals surface area (Å²) in [7, 11) is 0. The highest BCUT2D eigenvalue weighted by molar-refractivity contribution is 6.06. The molecular weight excluding hydrogens is 328 g/mol. The van der Waals surface area contributed by atoms with Crippen LogP contribution in [0, 0.1) is 0 Å². The molecule has 0 saturated carbocycles. The topological polar surface area (TPSA) is 59.4 Å². The fourth-order valence-electron chi connectivity index (χ4n) is 3.07. The molecule has 0 radical (unpaired) electrons. The molecule has 1 aliphatic rings. The summed E-state index contributed by atoms with van der Waals surface area (Å²) in [6, 6.07) is 17.1. The molecule has 6 nitrogen and oxygen atoms in total. The molecule has 0 bridgehead atoms. The number of nitrogens with zero attached hydrogens (tertiary/aromatic N) is 3. The normalized spacial score (nSPS) is 14.2. The van der Waals surface area contributed by atoms with Crippen LogP contribution < -0.4 is 10.2 Å². The summed E-state index contributed by atoms with van der Waals surface area (Å²) < 4.78 is 7.16. The lowest BCUT2D eigenvalue weighted by Gasteiger charge is -2.30. The third-order valence-electron chi connectivity index (χ3n) is 4.38. The number of aromatic nitrogens is 2. The molecule has 0 aliphatic carbocycles. The van der Waals surface area contributed by atoms with Crippen molar-refractivity contribution in [2.45, 2.75) is 0 Å². The lowest BCUT2D eigenvalue weighted by Crippen LogP contribution is -2.36. The van der Waals surface area contributed by atoms with Gasteiger partial charge in [-0.15, -0.1) is 0 Å². The third-order valence-corrected chi connectivity index (χ3v) is 4.38. The predicted molar refractivity (Wildman–Crippen MR) is 101 cm³/mol. The van der Waals surface area contributed by atoms with E-state index in [9.17, 15) is 4.79 Å². The van der Waals surface area contributed by atoms with E-state index in [1.807, 2.05) is 54.7 Å². The first-order valence-electron chi connectivity index (χ1n) is 8.64. The van der Waals surface area contributed by atoms with Gasteiger partial charge in [-0.3, -0.25) is 4.79 Å². The van der Waals surface area contributed by atoms with Crippen LogP contribution in [0.15, 0.2) is 67.0 Å². The number of anilines is 2. The van der Waals surface area contributed by atoms with Crippen LogP contribution in [0.3, 0.4) is 0 Å². The minimum Gasteiger partial charge on any atom is -0.378 e. The van der Waals surface area contributed by atoms with Crippen molar-refractivity contribution in [3.8, 4) is 5.69 Å².